The molecule has 18 heavy (non-hydrogen) atoms. The van der Waals surface area contributed by atoms with Crippen molar-refractivity contribution in [1.29, 1.82) is 0 Å². The number of ether oxygens (including phenoxy) is 1. The first-order chi connectivity index (χ1) is 8.61. The van der Waals surface area contributed by atoms with E-state index in [0.717, 1.165) is 31.8 Å². The molecule has 0 saturated heterocycles. The van der Waals surface area contributed by atoms with Gasteiger partial charge >= 0.3 is 0 Å². The summed E-state index contributed by atoms with van der Waals surface area (Å²) in [5.74, 6) is 0. The summed E-state index contributed by atoms with van der Waals surface area (Å²) in [6.45, 7) is 5.39. The van der Waals surface area contributed by atoms with Gasteiger partial charge in [-0.1, -0.05) is 23.2 Å². The first-order valence-electron chi connectivity index (χ1n) is 6.00. The Hall–Kier alpha value is -0.320. The maximum Gasteiger partial charge on any atom is 0.0587 e. The monoisotopic (exact) mass is 290 g/mol. The van der Waals surface area contributed by atoms with E-state index in [1.54, 1.807) is 13.2 Å². The smallest absolute Gasteiger partial charge is 0.0587 e. The first-order valence-corrected chi connectivity index (χ1v) is 6.75. The predicted octanol–water partition coefficient (Wildman–Crippen LogP) is 2.71. The molecule has 0 aromatic heterocycles. The molecule has 0 bridgehead atoms. The normalized spacial score (nSPS) is 12.7. The fraction of sp³-hybridized carbons (Fsp3) is 0.538. The van der Waals surface area contributed by atoms with Gasteiger partial charge in [-0.05, 0) is 30.7 Å². The average Bonchev–Trinajstić information content (AvgIpc) is 2.31. The third-order valence-corrected chi connectivity index (χ3v) is 2.95. The molecule has 1 atom stereocenters. The molecule has 0 saturated carbocycles. The topological polar surface area (TPSA) is 33.3 Å². The number of methoxy groups -OCH3 is 1. The number of hydrogen-bond donors (Lipinski definition) is 2. The van der Waals surface area contributed by atoms with Gasteiger partial charge in [-0.3, -0.25) is 0 Å². The average molecular weight is 291 g/mol. The van der Waals surface area contributed by atoms with E-state index >= 15 is 0 Å². The molecule has 0 aliphatic carbocycles. The van der Waals surface area contributed by atoms with Crippen molar-refractivity contribution in [1.82, 2.24) is 10.6 Å². The molecule has 3 nitrogen and oxygen atoms in total. The zero-order valence-corrected chi connectivity index (χ0v) is 12.3. The number of rotatable bonds is 8. The first kappa shape index (κ1) is 15.7. The Morgan fingerprint density at radius 3 is 2.50 bits per heavy atom. The van der Waals surface area contributed by atoms with E-state index in [2.05, 4.69) is 17.6 Å². The molecule has 102 valence electrons. The molecule has 0 aliphatic heterocycles. The molecule has 1 rings (SSSR count). The van der Waals surface area contributed by atoms with Crippen molar-refractivity contribution in [2.24, 2.45) is 0 Å². The van der Waals surface area contributed by atoms with Gasteiger partial charge in [0.1, 0.15) is 0 Å². The summed E-state index contributed by atoms with van der Waals surface area (Å²) in [7, 11) is 1.70. The highest BCUT2D eigenvalue weighted by Gasteiger charge is 2.02. The summed E-state index contributed by atoms with van der Waals surface area (Å²) in [5, 5.41) is 8.06. The van der Waals surface area contributed by atoms with Crippen LogP contribution in [0.1, 0.15) is 12.5 Å². The Morgan fingerprint density at radius 2 is 1.89 bits per heavy atom. The summed E-state index contributed by atoms with van der Waals surface area (Å²) in [4.78, 5) is 0. The van der Waals surface area contributed by atoms with Crippen molar-refractivity contribution < 1.29 is 4.74 Å². The van der Waals surface area contributed by atoms with Crippen LogP contribution >= 0.6 is 23.2 Å². The highest BCUT2D eigenvalue weighted by Crippen LogP contribution is 2.18. The zero-order chi connectivity index (χ0) is 13.4. The second kappa shape index (κ2) is 8.73. The lowest BCUT2D eigenvalue weighted by Crippen LogP contribution is -2.37. The summed E-state index contributed by atoms with van der Waals surface area (Å²) >= 11 is 11.9. The Morgan fingerprint density at radius 1 is 1.22 bits per heavy atom. The summed E-state index contributed by atoms with van der Waals surface area (Å²) in [5.41, 5.74) is 1.09. The van der Waals surface area contributed by atoms with E-state index in [-0.39, 0.29) is 0 Å². The SMILES string of the molecule is COCCNCC(C)NCc1cc(Cl)cc(Cl)c1. The molecular formula is C13H20Cl2N2O. The van der Waals surface area contributed by atoms with Gasteiger partial charge < -0.3 is 15.4 Å². The molecule has 2 N–H and O–H groups in total. The minimum Gasteiger partial charge on any atom is -0.383 e. The standard InChI is InChI=1S/C13H20Cl2N2O/c1-10(8-16-3-4-18-2)17-9-11-5-12(14)7-13(15)6-11/h5-7,10,16-17H,3-4,8-9H2,1-2H3. The lowest BCUT2D eigenvalue weighted by atomic mass is 10.2. The largest absolute Gasteiger partial charge is 0.383 e. The fourth-order valence-electron chi connectivity index (χ4n) is 1.57. The van der Waals surface area contributed by atoms with Crippen molar-refractivity contribution >= 4 is 23.2 Å². The summed E-state index contributed by atoms with van der Waals surface area (Å²) in [6.07, 6.45) is 0. The van der Waals surface area contributed by atoms with E-state index in [4.69, 9.17) is 27.9 Å². The van der Waals surface area contributed by atoms with E-state index in [1.807, 2.05) is 12.1 Å². The number of benzene rings is 1. The maximum atomic E-state index is 5.95. The van der Waals surface area contributed by atoms with E-state index < -0.39 is 0 Å². The van der Waals surface area contributed by atoms with Gasteiger partial charge in [0.2, 0.25) is 0 Å². The Bertz CT molecular complexity index is 341. The molecule has 0 fully saturated rings. The van der Waals surface area contributed by atoms with Crippen LogP contribution in [0, 0.1) is 0 Å². The van der Waals surface area contributed by atoms with Gasteiger partial charge in [0.25, 0.3) is 0 Å². The van der Waals surface area contributed by atoms with Crippen LogP contribution in [-0.2, 0) is 11.3 Å². The minimum atomic E-state index is 0.375. The van der Waals surface area contributed by atoms with Crippen LogP contribution < -0.4 is 10.6 Å². The number of hydrogen-bond acceptors (Lipinski definition) is 3. The van der Waals surface area contributed by atoms with Gasteiger partial charge in [0.15, 0.2) is 0 Å². The zero-order valence-electron chi connectivity index (χ0n) is 10.8. The Kier molecular flexibility index (Phi) is 7.63. The van der Waals surface area contributed by atoms with Crippen LogP contribution in [0.15, 0.2) is 18.2 Å². The number of halogens is 2. The summed E-state index contributed by atoms with van der Waals surface area (Å²) < 4.78 is 4.97. The van der Waals surface area contributed by atoms with Crippen LogP contribution in [0.5, 0.6) is 0 Å². The van der Waals surface area contributed by atoms with Gasteiger partial charge in [0.05, 0.1) is 6.61 Å². The highest BCUT2D eigenvalue weighted by atomic mass is 35.5. The molecule has 1 aromatic carbocycles. The van der Waals surface area contributed by atoms with Crippen LogP contribution in [0.4, 0.5) is 0 Å². The lowest BCUT2D eigenvalue weighted by Gasteiger charge is -2.15. The van der Waals surface area contributed by atoms with Gasteiger partial charge in [-0.25, -0.2) is 0 Å². The Labute approximate surface area is 119 Å². The Balaban J connectivity index is 2.26. The van der Waals surface area contributed by atoms with Gasteiger partial charge in [0, 0.05) is 42.8 Å². The van der Waals surface area contributed by atoms with Gasteiger partial charge in [-0.15, -0.1) is 0 Å². The third kappa shape index (κ3) is 6.57. The van der Waals surface area contributed by atoms with Crippen molar-refractivity contribution in [3.05, 3.63) is 33.8 Å². The number of nitrogens with one attached hydrogen (secondary N) is 2. The molecule has 1 aromatic rings. The van der Waals surface area contributed by atoms with Crippen LogP contribution in [0.2, 0.25) is 10.0 Å². The predicted molar refractivity (Wildman–Crippen MR) is 77.5 cm³/mol. The molecule has 5 heteroatoms. The van der Waals surface area contributed by atoms with Crippen molar-refractivity contribution in [2.75, 3.05) is 26.8 Å². The maximum absolute atomic E-state index is 5.95. The van der Waals surface area contributed by atoms with E-state index in [0.29, 0.717) is 16.1 Å². The van der Waals surface area contributed by atoms with Crippen molar-refractivity contribution in [3.8, 4) is 0 Å². The third-order valence-electron chi connectivity index (χ3n) is 2.51. The van der Waals surface area contributed by atoms with Crippen molar-refractivity contribution in [2.45, 2.75) is 19.5 Å². The second-order valence-electron chi connectivity index (χ2n) is 4.26. The summed E-state index contributed by atoms with van der Waals surface area (Å²) in [6, 6.07) is 5.96. The molecular weight excluding hydrogens is 271 g/mol. The van der Waals surface area contributed by atoms with Crippen LogP contribution in [0.25, 0.3) is 0 Å². The molecule has 0 heterocycles. The van der Waals surface area contributed by atoms with E-state index in [9.17, 15) is 0 Å². The van der Waals surface area contributed by atoms with Crippen molar-refractivity contribution in [3.63, 3.8) is 0 Å². The fourth-order valence-corrected chi connectivity index (χ4v) is 2.14. The highest BCUT2D eigenvalue weighted by molar-refractivity contribution is 6.34. The molecule has 1 unspecified atom stereocenters. The quantitative estimate of drug-likeness (QED) is 0.723. The molecule has 0 radical (unpaired) electrons. The van der Waals surface area contributed by atoms with E-state index in [1.165, 1.54) is 0 Å². The minimum absolute atomic E-state index is 0.375. The molecule has 0 amide bonds. The lowest BCUT2D eigenvalue weighted by molar-refractivity contribution is 0.198. The molecule has 0 aliphatic rings. The van der Waals surface area contributed by atoms with Gasteiger partial charge in [-0.2, -0.15) is 0 Å². The second-order valence-corrected chi connectivity index (χ2v) is 5.13. The molecule has 0 spiro atoms. The van der Waals surface area contributed by atoms with Crippen LogP contribution in [-0.4, -0.2) is 32.8 Å². The van der Waals surface area contributed by atoms with Crippen LogP contribution in [0.3, 0.4) is 0 Å².